The molecular formula is C8H9NO3. The van der Waals surface area contributed by atoms with E-state index < -0.39 is 0 Å². The van der Waals surface area contributed by atoms with Crippen LogP contribution in [0.4, 0.5) is 0 Å². The highest BCUT2D eigenvalue weighted by molar-refractivity contribution is 5.92. The average molecular weight is 167 g/mol. The number of nitrogens with zero attached hydrogens (tertiary/aromatic N) is 1. The molecule has 1 aromatic heterocycles. The van der Waals surface area contributed by atoms with Crippen molar-refractivity contribution in [1.82, 2.24) is 4.90 Å². The van der Waals surface area contributed by atoms with E-state index in [1.54, 1.807) is 17.0 Å². The quantitative estimate of drug-likeness (QED) is 0.645. The van der Waals surface area contributed by atoms with Crippen LogP contribution in [-0.2, 0) is 0 Å². The lowest BCUT2D eigenvalue weighted by molar-refractivity contribution is 0.00392. The fraction of sp³-hybridized carbons (Fsp3) is 0.375. The topological polar surface area (TPSA) is 53.7 Å². The molecule has 12 heavy (non-hydrogen) atoms. The standard InChI is InChI=1S/C8H9NO3/c10-6-4-9(5-6)8(11)7-2-1-3-12-7/h1-3,6,10H,4-5H2. The minimum absolute atomic E-state index is 0.148. The maximum absolute atomic E-state index is 11.4. The number of furan rings is 1. The van der Waals surface area contributed by atoms with Crippen LogP contribution >= 0.6 is 0 Å². The molecule has 1 aliphatic heterocycles. The third-order valence-electron chi connectivity index (χ3n) is 1.88. The van der Waals surface area contributed by atoms with E-state index in [1.165, 1.54) is 6.26 Å². The van der Waals surface area contributed by atoms with Crippen LogP contribution < -0.4 is 0 Å². The molecule has 0 unspecified atom stereocenters. The van der Waals surface area contributed by atoms with Gasteiger partial charge in [-0.1, -0.05) is 0 Å². The van der Waals surface area contributed by atoms with Gasteiger partial charge in [0.05, 0.1) is 12.4 Å². The number of hydrogen-bond acceptors (Lipinski definition) is 3. The molecule has 4 heteroatoms. The van der Waals surface area contributed by atoms with Crippen molar-refractivity contribution in [2.45, 2.75) is 6.10 Å². The smallest absolute Gasteiger partial charge is 0.289 e. The Kier molecular flexibility index (Phi) is 1.62. The van der Waals surface area contributed by atoms with E-state index in [0.717, 1.165) is 0 Å². The summed E-state index contributed by atoms with van der Waals surface area (Å²) in [5.74, 6) is 0.187. The van der Waals surface area contributed by atoms with Gasteiger partial charge in [-0.2, -0.15) is 0 Å². The van der Waals surface area contributed by atoms with Crippen molar-refractivity contribution in [3.63, 3.8) is 0 Å². The lowest BCUT2D eigenvalue weighted by atomic mass is 10.1. The minimum atomic E-state index is -0.357. The first-order valence-electron chi connectivity index (χ1n) is 3.78. The van der Waals surface area contributed by atoms with Crippen molar-refractivity contribution in [2.24, 2.45) is 0 Å². The zero-order valence-electron chi connectivity index (χ0n) is 6.43. The molecule has 0 radical (unpaired) electrons. The zero-order chi connectivity index (χ0) is 8.55. The Hall–Kier alpha value is -1.29. The van der Waals surface area contributed by atoms with Crippen molar-refractivity contribution in [3.8, 4) is 0 Å². The fourth-order valence-electron chi connectivity index (χ4n) is 1.18. The summed E-state index contributed by atoms with van der Waals surface area (Å²) < 4.78 is 4.91. The van der Waals surface area contributed by atoms with Gasteiger partial charge in [-0.15, -0.1) is 0 Å². The van der Waals surface area contributed by atoms with Crippen molar-refractivity contribution in [3.05, 3.63) is 24.2 Å². The van der Waals surface area contributed by atoms with Gasteiger partial charge in [-0.05, 0) is 12.1 Å². The van der Waals surface area contributed by atoms with Gasteiger partial charge >= 0.3 is 0 Å². The van der Waals surface area contributed by atoms with Crippen LogP contribution in [0.5, 0.6) is 0 Å². The summed E-state index contributed by atoms with van der Waals surface area (Å²) in [5.41, 5.74) is 0. The first-order valence-corrected chi connectivity index (χ1v) is 3.78. The Bertz CT molecular complexity index is 275. The van der Waals surface area contributed by atoms with Gasteiger partial charge in [-0.25, -0.2) is 0 Å². The van der Waals surface area contributed by atoms with Gasteiger partial charge in [0, 0.05) is 13.1 Å². The van der Waals surface area contributed by atoms with Crippen molar-refractivity contribution < 1.29 is 14.3 Å². The molecule has 1 amide bonds. The Morgan fingerprint density at radius 1 is 1.67 bits per heavy atom. The largest absolute Gasteiger partial charge is 0.459 e. The molecule has 1 aromatic rings. The number of likely N-dealkylation sites (tertiary alicyclic amines) is 1. The maximum atomic E-state index is 11.4. The first-order chi connectivity index (χ1) is 5.77. The molecular weight excluding hydrogens is 158 g/mol. The SMILES string of the molecule is O=C(c1ccco1)N1CC(O)C1. The van der Waals surface area contributed by atoms with E-state index in [0.29, 0.717) is 18.8 Å². The maximum Gasteiger partial charge on any atom is 0.289 e. The van der Waals surface area contributed by atoms with Crippen LogP contribution in [0, 0.1) is 0 Å². The van der Waals surface area contributed by atoms with Crippen LogP contribution in [0.25, 0.3) is 0 Å². The molecule has 1 N–H and O–H groups in total. The molecule has 2 rings (SSSR count). The molecule has 1 fully saturated rings. The molecule has 2 heterocycles. The van der Waals surface area contributed by atoms with Gasteiger partial charge in [0.1, 0.15) is 0 Å². The van der Waals surface area contributed by atoms with Gasteiger partial charge in [0.2, 0.25) is 0 Å². The minimum Gasteiger partial charge on any atom is -0.459 e. The number of hydrogen-bond donors (Lipinski definition) is 1. The van der Waals surface area contributed by atoms with Gasteiger partial charge in [0.25, 0.3) is 5.91 Å². The predicted octanol–water partition coefficient (Wildman–Crippen LogP) is 0.0963. The molecule has 0 aromatic carbocycles. The van der Waals surface area contributed by atoms with E-state index in [9.17, 15) is 4.79 Å². The normalized spacial score (nSPS) is 17.6. The van der Waals surface area contributed by atoms with E-state index in [2.05, 4.69) is 0 Å². The van der Waals surface area contributed by atoms with Crippen molar-refractivity contribution in [1.29, 1.82) is 0 Å². The van der Waals surface area contributed by atoms with Crippen LogP contribution in [0.3, 0.4) is 0 Å². The molecule has 0 spiro atoms. The zero-order valence-corrected chi connectivity index (χ0v) is 6.43. The summed E-state index contributed by atoms with van der Waals surface area (Å²) in [7, 11) is 0. The van der Waals surface area contributed by atoms with Crippen LogP contribution in [0.1, 0.15) is 10.6 Å². The summed E-state index contributed by atoms with van der Waals surface area (Å²) in [6.45, 7) is 0.832. The van der Waals surface area contributed by atoms with Gasteiger partial charge < -0.3 is 14.4 Å². The summed E-state index contributed by atoms with van der Waals surface area (Å²) in [6, 6.07) is 3.29. The highest BCUT2D eigenvalue weighted by atomic mass is 16.3. The highest BCUT2D eigenvalue weighted by Gasteiger charge is 2.30. The predicted molar refractivity (Wildman–Crippen MR) is 40.6 cm³/mol. The lowest BCUT2D eigenvalue weighted by Gasteiger charge is -2.35. The van der Waals surface area contributed by atoms with Gasteiger partial charge in [-0.3, -0.25) is 4.79 Å². The second kappa shape index (κ2) is 2.64. The number of aliphatic hydroxyl groups is 1. The van der Waals surface area contributed by atoms with Crippen LogP contribution in [-0.4, -0.2) is 35.1 Å². The number of amides is 1. The molecule has 4 nitrogen and oxygen atoms in total. The summed E-state index contributed by atoms with van der Waals surface area (Å²) in [5, 5.41) is 8.94. The average Bonchev–Trinajstić information content (AvgIpc) is 2.49. The van der Waals surface area contributed by atoms with E-state index in [4.69, 9.17) is 9.52 Å². The molecule has 0 bridgehead atoms. The molecule has 1 saturated heterocycles. The van der Waals surface area contributed by atoms with Crippen molar-refractivity contribution in [2.75, 3.05) is 13.1 Å². The summed E-state index contributed by atoms with van der Waals surface area (Å²) in [4.78, 5) is 12.9. The summed E-state index contributed by atoms with van der Waals surface area (Å²) >= 11 is 0. The number of aliphatic hydroxyl groups excluding tert-OH is 1. The number of rotatable bonds is 1. The fourth-order valence-corrected chi connectivity index (χ4v) is 1.18. The third-order valence-corrected chi connectivity index (χ3v) is 1.88. The number of carbonyl (C=O) groups excluding carboxylic acids is 1. The molecule has 64 valence electrons. The van der Waals surface area contributed by atoms with Gasteiger partial charge in [0.15, 0.2) is 5.76 Å². The Labute approximate surface area is 69.4 Å². The molecule has 0 saturated carbocycles. The number of β-amino-alcohol motifs (C(OH)–C–C–N with tert-alkyl or cyclic N) is 1. The highest BCUT2D eigenvalue weighted by Crippen LogP contribution is 2.12. The molecule has 0 atom stereocenters. The summed E-state index contributed by atoms with van der Waals surface area (Å²) in [6.07, 6.45) is 1.10. The monoisotopic (exact) mass is 167 g/mol. The van der Waals surface area contributed by atoms with E-state index in [1.807, 2.05) is 0 Å². The van der Waals surface area contributed by atoms with Crippen LogP contribution in [0.2, 0.25) is 0 Å². The molecule has 0 aliphatic carbocycles. The first kappa shape index (κ1) is 7.36. The van der Waals surface area contributed by atoms with E-state index >= 15 is 0 Å². The van der Waals surface area contributed by atoms with Crippen LogP contribution in [0.15, 0.2) is 22.8 Å². The van der Waals surface area contributed by atoms with Crippen molar-refractivity contribution >= 4 is 5.91 Å². The lowest BCUT2D eigenvalue weighted by Crippen LogP contribution is -2.53. The Morgan fingerprint density at radius 3 is 2.92 bits per heavy atom. The Morgan fingerprint density at radius 2 is 2.42 bits per heavy atom. The molecule has 1 aliphatic rings. The second-order valence-corrected chi connectivity index (χ2v) is 2.84. The second-order valence-electron chi connectivity index (χ2n) is 2.84. The Balaban J connectivity index is 2.03. The third kappa shape index (κ3) is 1.10. The van der Waals surface area contributed by atoms with E-state index in [-0.39, 0.29) is 12.0 Å². The number of carbonyl (C=O) groups is 1.